The number of nitrogens with zero attached hydrogens (tertiary/aromatic N) is 2. The molecule has 0 amide bonds. The number of fused-ring (bicyclic) bond motifs is 1. The molecule has 0 aliphatic carbocycles. The predicted octanol–water partition coefficient (Wildman–Crippen LogP) is 2.63. The summed E-state index contributed by atoms with van der Waals surface area (Å²) < 4.78 is 11.5. The summed E-state index contributed by atoms with van der Waals surface area (Å²) in [5, 5.41) is 7.49. The highest BCUT2D eigenvalue weighted by Crippen LogP contribution is 2.21. The van der Waals surface area contributed by atoms with E-state index in [1.807, 2.05) is 31.2 Å². The fraction of sp³-hybridized carbons (Fsp3) is 0.467. The van der Waals surface area contributed by atoms with Crippen molar-refractivity contribution in [3.8, 4) is 0 Å². The van der Waals surface area contributed by atoms with Crippen molar-refractivity contribution in [2.45, 2.75) is 20.3 Å². The molecule has 114 valence electrons. The third-order valence-electron chi connectivity index (χ3n) is 3.08. The molecule has 2 N–H and O–H groups in total. The van der Waals surface area contributed by atoms with Gasteiger partial charge in [0, 0.05) is 40.8 Å². The summed E-state index contributed by atoms with van der Waals surface area (Å²) in [7, 11) is -0.766. The summed E-state index contributed by atoms with van der Waals surface area (Å²) in [5.74, 6) is 2.75. The fourth-order valence-corrected chi connectivity index (χ4v) is 2.57. The molecule has 21 heavy (non-hydrogen) atoms. The second-order valence-electron chi connectivity index (χ2n) is 4.70. The normalized spacial score (nSPS) is 12.3. The lowest BCUT2D eigenvalue weighted by Crippen LogP contribution is -2.14. The Labute approximate surface area is 128 Å². The molecule has 1 aromatic carbocycles. The molecule has 0 aliphatic rings. The Morgan fingerprint density at radius 1 is 1.10 bits per heavy atom. The maximum Gasteiger partial charge on any atom is 0.225 e. The topological polar surface area (TPSA) is 66.9 Å². The first-order valence-electron chi connectivity index (χ1n) is 7.34. The third-order valence-corrected chi connectivity index (χ3v) is 4.38. The Kier molecular flexibility index (Phi) is 5.92. The van der Waals surface area contributed by atoms with Crippen LogP contribution in [-0.4, -0.2) is 38.8 Å². The number of hydrogen-bond donors (Lipinski definition) is 2. The average Bonchev–Trinajstić information content (AvgIpc) is 2.52. The van der Waals surface area contributed by atoms with E-state index in [0.717, 1.165) is 29.7 Å². The molecule has 1 aromatic heterocycles. The molecule has 6 heteroatoms. The zero-order chi connectivity index (χ0) is 15.1. The van der Waals surface area contributed by atoms with E-state index in [1.54, 1.807) is 0 Å². The zero-order valence-electron chi connectivity index (χ0n) is 12.6. The Bertz CT molecular complexity index is 618. The molecule has 0 radical (unpaired) electrons. The maximum absolute atomic E-state index is 11.5. The first-order valence-corrected chi connectivity index (χ1v) is 8.83. The molecule has 0 spiro atoms. The van der Waals surface area contributed by atoms with Crippen LogP contribution >= 0.6 is 0 Å². The van der Waals surface area contributed by atoms with Crippen LogP contribution in [0.15, 0.2) is 24.3 Å². The highest BCUT2D eigenvalue weighted by molar-refractivity contribution is 7.84. The molecule has 5 nitrogen and oxygen atoms in total. The highest BCUT2D eigenvalue weighted by Gasteiger charge is 2.07. The fourth-order valence-electron chi connectivity index (χ4n) is 1.95. The van der Waals surface area contributed by atoms with Gasteiger partial charge >= 0.3 is 0 Å². The Morgan fingerprint density at radius 2 is 1.90 bits per heavy atom. The summed E-state index contributed by atoms with van der Waals surface area (Å²) in [4.78, 5) is 9.04. The maximum atomic E-state index is 11.5. The van der Waals surface area contributed by atoms with Crippen molar-refractivity contribution in [2.75, 3.05) is 35.2 Å². The molecular weight excluding hydrogens is 284 g/mol. The van der Waals surface area contributed by atoms with Crippen LogP contribution in [0.4, 0.5) is 11.8 Å². The zero-order valence-corrected chi connectivity index (χ0v) is 13.4. The first kappa shape index (κ1) is 15.7. The van der Waals surface area contributed by atoms with Gasteiger partial charge in [0.25, 0.3) is 0 Å². The lowest BCUT2D eigenvalue weighted by molar-refractivity contribution is 0.684. The molecule has 1 atom stereocenters. The summed E-state index contributed by atoms with van der Waals surface area (Å²) >= 11 is 0. The van der Waals surface area contributed by atoms with E-state index in [9.17, 15) is 4.21 Å². The van der Waals surface area contributed by atoms with Crippen LogP contribution in [0, 0.1) is 0 Å². The van der Waals surface area contributed by atoms with Crippen molar-refractivity contribution in [1.29, 1.82) is 0 Å². The minimum atomic E-state index is -0.766. The number of benzene rings is 1. The Hall–Kier alpha value is -1.69. The molecule has 0 bridgehead atoms. The van der Waals surface area contributed by atoms with Crippen LogP contribution < -0.4 is 10.6 Å². The molecule has 0 aliphatic heterocycles. The van der Waals surface area contributed by atoms with Gasteiger partial charge in [0.05, 0.1) is 5.52 Å². The minimum absolute atomic E-state index is 0.631. The van der Waals surface area contributed by atoms with Crippen molar-refractivity contribution in [3.05, 3.63) is 24.3 Å². The lowest BCUT2D eigenvalue weighted by Gasteiger charge is -2.11. The van der Waals surface area contributed by atoms with Gasteiger partial charge in [-0.15, -0.1) is 0 Å². The summed E-state index contributed by atoms with van der Waals surface area (Å²) in [6.45, 7) is 5.53. The number of nitrogens with one attached hydrogen (secondary N) is 2. The van der Waals surface area contributed by atoms with E-state index < -0.39 is 10.8 Å². The summed E-state index contributed by atoms with van der Waals surface area (Å²) in [5.41, 5.74) is 0.908. The van der Waals surface area contributed by atoms with Gasteiger partial charge in [0.1, 0.15) is 5.82 Å². The van der Waals surface area contributed by atoms with E-state index in [0.29, 0.717) is 24.0 Å². The van der Waals surface area contributed by atoms with E-state index in [1.165, 1.54) is 0 Å². The van der Waals surface area contributed by atoms with E-state index in [4.69, 9.17) is 0 Å². The average molecular weight is 306 g/mol. The Morgan fingerprint density at radius 3 is 2.67 bits per heavy atom. The van der Waals surface area contributed by atoms with Gasteiger partial charge in [-0.1, -0.05) is 26.0 Å². The number of rotatable bonds is 8. The van der Waals surface area contributed by atoms with Gasteiger partial charge in [-0.25, -0.2) is 4.98 Å². The molecular formula is C15H22N4OS. The molecule has 0 fully saturated rings. The molecule has 1 heterocycles. The molecule has 2 rings (SSSR count). The van der Waals surface area contributed by atoms with Crippen molar-refractivity contribution >= 4 is 33.5 Å². The van der Waals surface area contributed by atoms with Gasteiger partial charge in [0.2, 0.25) is 5.95 Å². The third kappa shape index (κ3) is 4.39. The first-order chi connectivity index (χ1) is 10.2. The van der Waals surface area contributed by atoms with Gasteiger partial charge in [-0.3, -0.25) is 4.21 Å². The largest absolute Gasteiger partial charge is 0.368 e. The van der Waals surface area contributed by atoms with Crippen LogP contribution in [-0.2, 0) is 10.8 Å². The van der Waals surface area contributed by atoms with Gasteiger partial charge in [-0.2, -0.15) is 4.98 Å². The van der Waals surface area contributed by atoms with Crippen molar-refractivity contribution in [3.63, 3.8) is 0 Å². The van der Waals surface area contributed by atoms with E-state index >= 15 is 0 Å². The summed E-state index contributed by atoms with van der Waals surface area (Å²) in [6.07, 6.45) is 1.02. The van der Waals surface area contributed by atoms with Crippen LogP contribution in [0.25, 0.3) is 10.9 Å². The minimum Gasteiger partial charge on any atom is -0.368 e. The van der Waals surface area contributed by atoms with E-state index in [2.05, 4.69) is 27.5 Å². The van der Waals surface area contributed by atoms with Crippen LogP contribution in [0.3, 0.4) is 0 Å². The second-order valence-corrected chi connectivity index (χ2v) is 6.56. The van der Waals surface area contributed by atoms with Crippen molar-refractivity contribution < 1.29 is 4.21 Å². The van der Waals surface area contributed by atoms with Crippen molar-refractivity contribution in [1.82, 2.24) is 9.97 Å². The standard InChI is InChI=1S/C15H22N4OS/c1-3-9-17-15-18-13-8-6-5-7-12(13)14(19-15)16-10-11-21(20)4-2/h5-8H,3-4,9-11H2,1-2H3,(H2,16,17,18,19). The smallest absolute Gasteiger partial charge is 0.225 e. The van der Waals surface area contributed by atoms with Crippen LogP contribution in [0.5, 0.6) is 0 Å². The monoisotopic (exact) mass is 306 g/mol. The lowest BCUT2D eigenvalue weighted by atomic mass is 10.2. The van der Waals surface area contributed by atoms with Crippen LogP contribution in [0.1, 0.15) is 20.3 Å². The summed E-state index contributed by atoms with van der Waals surface area (Å²) in [6, 6.07) is 7.91. The predicted molar refractivity (Wildman–Crippen MR) is 90.4 cm³/mol. The van der Waals surface area contributed by atoms with Gasteiger partial charge in [-0.05, 0) is 18.6 Å². The molecule has 1 unspecified atom stereocenters. The SMILES string of the molecule is CCCNc1nc(NCCS(=O)CC)c2ccccc2n1. The number of anilines is 2. The molecule has 0 saturated heterocycles. The second kappa shape index (κ2) is 7.93. The highest BCUT2D eigenvalue weighted by atomic mass is 32.2. The number of para-hydroxylation sites is 1. The van der Waals surface area contributed by atoms with Crippen LogP contribution in [0.2, 0.25) is 0 Å². The van der Waals surface area contributed by atoms with Gasteiger partial charge < -0.3 is 10.6 Å². The molecule has 2 aromatic rings. The number of hydrogen-bond acceptors (Lipinski definition) is 5. The quantitative estimate of drug-likeness (QED) is 0.785. The van der Waals surface area contributed by atoms with Gasteiger partial charge in [0.15, 0.2) is 0 Å². The molecule has 0 saturated carbocycles. The van der Waals surface area contributed by atoms with E-state index in [-0.39, 0.29) is 0 Å². The number of aromatic nitrogens is 2. The van der Waals surface area contributed by atoms with Crippen molar-refractivity contribution in [2.24, 2.45) is 0 Å². The Balaban J connectivity index is 2.20.